The smallest absolute Gasteiger partial charge is 0.176 e. The lowest BCUT2D eigenvalue weighted by Gasteiger charge is -2.51. The van der Waals surface area contributed by atoms with Gasteiger partial charge in [-0.3, -0.25) is 4.90 Å². The Morgan fingerprint density at radius 2 is 1.00 bits per heavy atom. The summed E-state index contributed by atoms with van der Waals surface area (Å²) in [6, 6.07) is -3.15. The zero-order chi connectivity index (χ0) is 39.6. The highest BCUT2D eigenvalue weighted by atomic mass is 16.7. The van der Waals surface area contributed by atoms with E-state index in [1.165, 1.54) is 77.0 Å². The number of likely N-dealkylation sites (N-methyl/N-ethyl adjacent to an activating group) is 1. The molecule has 3 saturated heterocycles. The fraction of sp³-hybridized carbons (Fsp3) is 1.00. The zero-order valence-corrected chi connectivity index (χ0v) is 32.9. The first-order valence-electron chi connectivity index (χ1n) is 20.7. The van der Waals surface area contributed by atoms with E-state index in [0.29, 0.717) is 6.54 Å². The van der Waals surface area contributed by atoms with Crippen LogP contribution in [-0.2, 0) is 23.7 Å². The molecule has 3 aliphatic heterocycles. The number of nitrogens with two attached hydrogens (primary N) is 1. The highest BCUT2D eigenvalue weighted by molar-refractivity contribution is 5.00. The van der Waals surface area contributed by atoms with Crippen molar-refractivity contribution >= 4 is 0 Å². The van der Waals surface area contributed by atoms with Crippen LogP contribution in [0.5, 0.6) is 0 Å². The number of nitrogens with one attached hydrogen (secondary N) is 1. The fourth-order valence-corrected chi connectivity index (χ4v) is 7.82. The summed E-state index contributed by atoms with van der Waals surface area (Å²) in [5.74, 6) is 0. The molecule has 0 bridgehead atoms. The first kappa shape index (κ1) is 47.7. The third-order valence-electron chi connectivity index (χ3n) is 11.2. The molecule has 54 heavy (non-hydrogen) atoms. The molecule has 0 saturated carbocycles. The van der Waals surface area contributed by atoms with Crippen LogP contribution in [0.4, 0.5) is 0 Å². The Labute approximate surface area is 322 Å². The molecular formula is C38H75N3O13. The number of hydrogen-bond acceptors (Lipinski definition) is 16. The molecule has 320 valence electrons. The second-order valence-corrected chi connectivity index (χ2v) is 15.7. The molecule has 0 aromatic carbocycles. The van der Waals surface area contributed by atoms with Crippen molar-refractivity contribution < 1.29 is 64.5 Å². The quantitative estimate of drug-likeness (QED) is 0.0512. The molecule has 0 amide bonds. The molecule has 0 aromatic rings. The van der Waals surface area contributed by atoms with Gasteiger partial charge >= 0.3 is 0 Å². The van der Waals surface area contributed by atoms with Crippen LogP contribution in [0.1, 0.15) is 110 Å². The monoisotopic (exact) mass is 782 g/mol. The topological polar surface area (TPSA) is 249 Å². The minimum Gasteiger partial charge on any atom is -0.394 e. The number of nitrogens with zero attached hydrogens (tertiary/aromatic N) is 1. The van der Waals surface area contributed by atoms with Gasteiger partial charge in [-0.15, -0.1) is 0 Å². The Morgan fingerprint density at radius 1 is 0.556 bits per heavy atom. The Kier molecular flexibility index (Phi) is 22.7. The maximum Gasteiger partial charge on any atom is 0.176 e. The first-order chi connectivity index (χ1) is 26.0. The summed E-state index contributed by atoms with van der Waals surface area (Å²) in [6.07, 6.45) is 4.21. The van der Waals surface area contributed by atoms with Gasteiger partial charge < -0.3 is 75.6 Å². The van der Waals surface area contributed by atoms with Crippen LogP contribution < -0.4 is 11.1 Å². The van der Waals surface area contributed by atoms with Gasteiger partial charge in [-0.05, 0) is 27.1 Å². The fourth-order valence-electron chi connectivity index (χ4n) is 7.82. The van der Waals surface area contributed by atoms with Gasteiger partial charge in [0.25, 0.3) is 0 Å². The number of aliphatic hydroxyl groups is 8. The molecule has 2 unspecified atom stereocenters. The van der Waals surface area contributed by atoms with Gasteiger partial charge in [-0.25, -0.2) is 0 Å². The largest absolute Gasteiger partial charge is 0.394 e. The number of rotatable bonds is 26. The summed E-state index contributed by atoms with van der Waals surface area (Å²) in [4.78, 5) is 1.60. The highest BCUT2D eigenvalue weighted by Gasteiger charge is 2.54. The van der Waals surface area contributed by atoms with Crippen LogP contribution in [0.2, 0.25) is 0 Å². The summed E-state index contributed by atoms with van der Waals surface area (Å²) >= 11 is 0. The van der Waals surface area contributed by atoms with E-state index in [4.69, 9.17) is 29.4 Å². The van der Waals surface area contributed by atoms with Crippen molar-refractivity contribution in [1.29, 1.82) is 0 Å². The molecule has 3 aliphatic rings. The minimum atomic E-state index is -1.54. The van der Waals surface area contributed by atoms with Gasteiger partial charge in [-0.2, -0.15) is 0 Å². The average Bonchev–Trinajstić information content (AvgIpc) is 3.15. The molecule has 11 N–H and O–H groups in total. The lowest BCUT2D eigenvalue weighted by Crippen LogP contribution is -2.70. The van der Waals surface area contributed by atoms with Crippen molar-refractivity contribution in [3.05, 3.63) is 0 Å². The number of unbranched alkanes of at least 4 members (excludes halogenated alkanes) is 15. The molecule has 3 heterocycles. The molecule has 0 aromatic heterocycles. The Balaban J connectivity index is 1.51. The van der Waals surface area contributed by atoms with Crippen LogP contribution >= 0.6 is 0 Å². The van der Waals surface area contributed by atoms with E-state index in [-0.39, 0.29) is 0 Å². The molecule has 15 atom stereocenters. The molecule has 3 rings (SSSR count). The van der Waals surface area contributed by atoms with E-state index in [1.54, 1.807) is 19.0 Å². The van der Waals surface area contributed by atoms with E-state index in [9.17, 15) is 40.9 Å². The third-order valence-corrected chi connectivity index (χ3v) is 11.2. The molecule has 3 fully saturated rings. The van der Waals surface area contributed by atoms with Gasteiger partial charge in [0.05, 0.1) is 37.9 Å². The third kappa shape index (κ3) is 14.0. The van der Waals surface area contributed by atoms with Crippen LogP contribution in [0.15, 0.2) is 0 Å². The Bertz CT molecular complexity index is 973. The molecule has 0 aliphatic carbocycles. The average molecular weight is 782 g/mol. The predicted molar refractivity (Wildman–Crippen MR) is 200 cm³/mol. The molecule has 0 spiro atoms. The van der Waals surface area contributed by atoms with Gasteiger partial charge in [0.2, 0.25) is 0 Å². The molecular weight excluding hydrogens is 706 g/mol. The minimum absolute atomic E-state index is 0.498. The van der Waals surface area contributed by atoms with Crippen LogP contribution in [0, 0.1) is 0 Å². The molecule has 16 heteroatoms. The maximum absolute atomic E-state index is 11.7. The Hall–Kier alpha value is -0.640. The van der Waals surface area contributed by atoms with Crippen LogP contribution in [0.3, 0.4) is 0 Å². The molecule has 16 nitrogen and oxygen atoms in total. The number of ether oxygens (including phenoxy) is 5. The highest BCUT2D eigenvalue weighted by Crippen LogP contribution is 2.33. The molecule has 0 radical (unpaired) electrons. The summed E-state index contributed by atoms with van der Waals surface area (Å²) in [5, 5.41) is 87.6. The zero-order valence-electron chi connectivity index (χ0n) is 32.9. The van der Waals surface area contributed by atoms with Gasteiger partial charge in [0, 0.05) is 0 Å². The van der Waals surface area contributed by atoms with Crippen molar-refractivity contribution in [1.82, 2.24) is 10.2 Å². The van der Waals surface area contributed by atoms with Crippen molar-refractivity contribution in [2.24, 2.45) is 5.73 Å². The lowest BCUT2D eigenvalue weighted by molar-refractivity contribution is -0.358. The van der Waals surface area contributed by atoms with Gasteiger partial charge in [-0.1, -0.05) is 103 Å². The van der Waals surface area contributed by atoms with E-state index in [1.807, 2.05) is 0 Å². The summed E-state index contributed by atoms with van der Waals surface area (Å²) in [7, 11) is 3.30. The van der Waals surface area contributed by atoms with Crippen molar-refractivity contribution in [3.63, 3.8) is 0 Å². The summed E-state index contributed by atoms with van der Waals surface area (Å²) < 4.78 is 29.6. The first-order valence-corrected chi connectivity index (χ1v) is 20.7. The van der Waals surface area contributed by atoms with E-state index in [2.05, 4.69) is 12.2 Å². The predicted octanol–water partition coefficient (Wildman–Crippen LogP) is -0.178. The van der Waals surface area contributed by atoms with Crippen molar-refractivity contribution in [2.75, 3.05) is 40.5 Å². The van der Waals surface area contributed by atoms with E-state index >= 15 is 0 Å². The van der Waals surface area contributed by atoms with Crippen molar-refractivity contribution in [3.8, 4) is 0 Å². The van der Waals surface area contributed by atoms with Crippen LogP contribution in [-0.4, -0.2) is 178 Å². The van der Waals surface area contributed by atoms with E-state index in [0.717, 1.165) is 25.7 Å². The number of hydrogen-bond donors (Lipinski definition) is 10. The SMILES string of the molecule is CCCCCCCCCCCCCCCCCCN[C@H]1[C@H](OC2[C@@H](CO)O[C@@H](OC3[C@@H](CO)O[C@@H](O)[C@H](N)[C@H]3O)[C@H](N(C)C)[C@H]2O)O[C@H](CO)[C@@H](O)[C@@H]1O. The standard InChI is InChI=1S/C38H75N3O13/c1-4-5-6-7-8-9-10-11-12-13-14-15-16-17-18-19-20-40-28-32(47)30(45)24(21-42)51-37(28)53-35-26(23-44)52-38(29(33(35)48)41(2)3)54-34-25(22-43)50-36(49)27(39)31(34)46/h24-38,40,42-49H,4-23,39H2,1-3H3/t24-,25-,26-,27-,28-,29-,30-,31-,32-,33-,34?,35?,36-,37+,38+/m1/s1. The summed E-state index contributed by atoms with van der Waals surface area (Å²) in [6.45, 7) is 0.906. The van der Waals surface area contributed by atoms with Crippen LogP contribution in [0.25, 0.3) is 0 Å². The Morgan fingerprint density at radius 3 is 1.50 bits per heavy atom. The number of aliphatic hydroxyl groups excluding tert-OH is 8. The summed E-state index contributed by atoms with van der Waals surface area (Å²) in [5.41, 5.74) is 5.88. The van der Waals surface area contributed by atoms with Crippen molar-refractivity contribution in [2.45, 2.75) is 202 Å². The van der Waals surface area contributed by atoms with Gasteiger partial charge in [0.1, 0.15) is 54.9 Å². The normalized spacial score (nSPS) is 37.6. The second-order valence-electron chi connectivity index (χ2n) is 15.7. The second kappa shape index (κ2) is 25.7. The van der Waals surface area contributed by atoms with Gasteiger partial charge in [0.15, 0.2) is 18.9 Å². The lowest BCUT2D eigenvalue weighted by atomic mass is 9.93. The maximum atomic E-state index is 11.7. The van der Waals surface area contributed by atoms with E-state index < -0.39 is 112 Å².